The molecule has 234 valence electrons. The molecule has 2 aliphatic heterocycles. The van der Waals surface area contributed by atoms with Crippen molar-refractivity contribution in [3.05, 3.63) is 109 Å². The second-order valence-corrected chi connectivity index (χ2v) is 12.4. The van der Waals surface area contributed by atoms with Crippen LogP contribution in [0.1, 0.15) is 33.6 Å². The number of thiazole rings is 1. The van der Waals surface area contributed by atoms with Gasteiger partial charge in [-0.15, -0.1) is 0 Å². The zero-order chi connectivity index (χ0) is 32.5. The zero-order valence-electron chi connectivity index (χ0n) is 24.0. The summed E-state index contributed by atoms with van der Waals surface area (Å²) in [6.45, 7) is 1.67. The van der Waals surface area contributed by atoms with Crippen LogP contribution in [0.3, 0.4) is 0 Å². The number of H-pyrrole nitrogens is 1. The molecule has 0 aliphatic carbocycles. The molecule has 2 aliphatic rings. The van der Waals surface area contributed by atoms with Crippen molar-refractivity contribution in [3.8, 4) is 5.75 Å². The molecule has 0 saturated carbocycles. The Bertz CT molecular complexity index is 1900. The number of carbonyl (C=O) groups excluding carboxylic acids is 4. The molecular formula is C31H24N4O9S2. The minimum absolute atomic E-state index is 0.170. The number of non-ortho nitro benzene ring substituents is 1. The lowest BCUT2D eigenvalue weighted by Crippen LogP contribution is -2.32. The number of nitro benzene ring substituents is 1. The number of rotatable bonds is 9. The summed E-state index contributed by atoms with van der Waals surface area (Å²) in [5, 5.41) is 13.5. The number of imide groups is 1. The third kappa shape index (κ3) is 5.89. The second kappa shape index (κ2) is 12.6. The van der Waals surface area contributed by atoms with E-state index in [0.717, 1.165) is 28.0 Å². The normalized spacial score (nSPS) is 18.5. The summed E-state index contributed by atoms with van der Waals surface area (Å²) in [6, 6.07) is 18.2. The largest absolute Gasteiger partial charge is 0.484 e. The number of thioether (sulfide) groups is 1. The first-order valence-corrected chi connectivity index (χ1v) is 15.7. The fourth-order valence-electron chi connectivity index (χ4n) is 5.38. The van der Waals surface area contributed by atoms with Gasteiger partial charge < -0.3 is 19.8 Å². The topological polar surface area (TPSA) is 178 Å². The van der Waals surface area contributed by atoms with E-state index < -0.39 is 45.7 Å². The first-order valence-electron chi connectivity index (χ1n) is 14.0. The molecule has 15 heteroatoms. The third-order valence-corrected chi connectivity index (χ3v) is 9.83. The van der Waals surface area contributed by atoms with Crippen molar-refractivity contribution in [1.29, 1.82) is 0 Å². The third-order valence-electron chi connectivity index (χ3n) is 7.43. The van der Waals surface area contributed by atoms with Crippen molar-refractivity contribution in [1.82, 2.24) is 4.98 Å². The van der Waals surface area contributed by atoms with Crippen LogP contribution in [-0.4, -0.2) is 52.1 Å². The summed E-state index contributed by atoms with van der Waals surface area (Å²) < 4.78 is 10.6. The molecule has 3 atom stereocenters. The molecule has 3 heterocycles. The summed E-state index contributed by atoms with van der Waals surface area (Å²) in [4.78, 5) is 78.7. The Labute approximate surface area is 268 Å². The predicted molar refractivity (Wildman–Crippen MR) is 168 cm³/mol. The number of benzene rings is 3. The molecular weight excluding hydrogens is 636 g/mol. The smallest absolute Gasteiger partial charge is 0.338 e. The fourth-order valence-corrected chi connectivity index (χ4v) is 7.89. The summed E-state index contributed by atoms with van der Waals surface area (Å²) in [6.07, 6.45) is 0. The highest BCUT2D eigenvalue weighted by atomic mass is 32.2. The van der Waals surface area contributed by atoms with Gasteiger partial charge in [0.05, 0.1) is 33.7 Å². The summed E-state index contributed by atoms with van der Waals surface area (Å²) in [7, 11) is 0. The van der Waals surface area contributed by atoms with Gasteiger partial charge in [-0.3, -0.25) is 29.3 Å². The number of fused-ring (bicyclic) bond motifs is 2. The van der Waals surface area contributed by atoms with Crippen LogP contribution in [-0.2, 0) is 19.1 Å². The zero-order valence-corrected chi connectivity index (χ0v) is 25.6. The molecule has 3 amide bonds. The Morgan fingerprint density at radius 2 is 1.67 bits per heavy atom. The molecule has 2 N–H and O–H groups in total. The number of aromatic amines is 1. The standard InChI is InChI=1S/C31H24N4O9S2/c1-2-43-30(39)17-3-7-18(8-4-17)32-22(36)15-44-21-13-5-16(6-14-21)23-24-26(45-27-25(23)46-31(40)33-27)29(38)34(28(24)37)19-9-11-20(12-10-19)35(41)42/h3-14,23-24,26H,2,15H2,1H3,(H,32,36)(H,33,40). The molecule has 1 saturated heterocycles. The van der Waals surface area contributed by atoms with Crippen LogP contribution in [0.4, 0.5) is 17.1 Å². The molecule has 0 radical (unpaired) electrons. The highest BCUT2D eigenvalue weighted by Gasteiger charge is 2.56. The van der Waals surface area contributed by atoms with Crippen molar-refractivity contribution >= 4 is 63.9 Å². The number of esters is 1. The van der Waals surface area contributed by atoms with E-state index in [1.54, 1.807) is 55.5 Å². The van der Waals surface area contributed by atoms with Crippen LogP contribution in [0.5, 0.6) is 5.75 Å². The van der Waals surface area contributed by atoms with Gasteiger partial charge in [0, 0.05) is 28.6 Å². The van der Waals surface area contributed by atoms with E-state index in [2.05, 4.69) is 10.3 Å². The Morgan fingerprint density at radius 1 is 0.978 bits per heavy atom. The number of nitro groups is 1. The van der Waals surface area contributed by atoms with E-state index in [1.165, 1.54) is 24.3 Å². The van der Waals surface area contributed by atoms with Crippen molar-refractivity contribution in [2.24, 2.45) is 5.92 Å². The predicted octanol–water partition coefficient (Wildman–Crippen LogP) is 4.33. The van der Waals surface area contributed by atoms with Gasteiger partial charge in [-0.25, -0.2) is 9.69 Å². The van der Waals surface area contributed by atoms with Crippen LogP contribution in [0.15, 0.2) is 82.6 Å². The molecule has 0 spiro atoms. The molecule has 3 aromatic carbocycles. The number of nitrogens with zero attached hydrogens (tertiary/aromatic N) is 2. The minimum atomic E-state index is -0.834. The number of amides is 3. The second-order valence-electron chi connectivity index (χ2n) is 10.2. The van der Waals surface area contributed by atoms with E-state index in [-0.39, 0.29) is 29.5 Å². The summed E-state index contributed by atoms with van der Waals surface area (Å²) >= 11 is 2.10. The first kappa shape index (κ1) is 30.7. The van der Waals surface area contributed by atoms with Gasteiger partial charge in [0.1, 0.15) is 11.0 Å². The highest BCUT2D eigenvalue weighted by Crippen LogP contribution is 2.53. The van der Waals surface area contributed by atoms with E-state index in [1.807, 2.05) is 0 Å². The Balaban J connectivity index is 1.18. The van der Waals surface area contributed by atoms with Crippen LogP contribution >= 0.6 is 23.1 Å². The molecule has 6 rings (SSSR count). The Morgan fingerprint density at radius 3 is 2.33 bits per heavy atom. The van der Waals surface area contributed by atoms with E-state index in [4.69, 9.17) is 9.47 Å². The maximum atomic E-state index is 13.8. The van der Waals surface area contributed by atoms with Gasteiger partial charge in [0.25, 0.3) is 11.6 Å². The number of carbonyl (C=O) groups is 4. The van der Waals surface area contributed by atoms with Crippen molar-refractivity contribution < 1.29 is 33.6 Å². The average Bonchev–Trinajstić information content (AvgIpc) is 3.54. The molecule has 0 bridgehead atoms. The minimum Gasteiger partial charge on any atom is -0.484 e. The van der Waals surface area contributed by atoms with E-state index in [0.29, 0.717) is 32.5 Å². The monoisotopic (exact) mass is 660 g/mol. The molecule has 13 nitrogen and oxygen atoms in total. The first-order chi connectivity index (χ1) is 22.1. The van der Waals surface area contributed by atoms with Crippen molar-refractivity contribution in [2.45, 2.75) is 23.1 Å². The van der Waals surface area contributed by atoms with Gasteiger partial charge in [-0.1, -0.05) is 35.2 Å². The maximum absolute atomic E-state index is 13.8. The van der Waals surface area contributed by atoms with Crippen LogP contribution in [0, 0.1) is 16.0 Å². The summed E-state index contributed by atoms with van der Waals surface area (Å²) in [5.41, 5.74) is 1.55. The lowest BCUT2D eigenvalue weighted by molar-refractivity contribution is -0.384. The number of hydrogen-bond donors (Lipinski definition) is 2. The number of anilines is 2. The van der Waals surface area contributed by atoms with Crippen LogP contribution in [0.2, 0.25) is 0 Å². The van der Waals surface area contributed by atoms with Crippen molar-refractivity contribution in [3.63, 3.8) is 0 Å². The Kier molecular flexibility index (Phi) is 8.42. The van der Waals surface area contributed by atoms with Gasteiger partial charge in [-0.05, 0) is 61.0 Å². The maximum Gasteiger partial charge on any atom is 0.338 e. The number of hydrogen-bond acceptors (Lipinski definition) is 11. The van der Waals surface area contributed by atoms with Crippen molar-refractivity contribution in [2.75, 3.05) is 23.4 Å². The summed E-state index contributed by atoms with van der Waals surface area (Å²) in [5.74, 6) is -2.91. The number of aromatic nitrogens is 1. The quantitative estimate of drug-likeness (QED) is 0.114. The van der Waals surface area contributed by atoms with E-state index in [9.17, 15) is 34.1 Å². The fraction of sp³-hybridized carbons (Fsp3) is 0.194. The lowest BCUT2D eigenvalue weighted by atomic mass is 9.83. The molecule has 1 fully saturated rings. The number of ether oxygens (including phenoxy) is 2. The molecule has 4 aromatic rings. The number of nitrogens with one attached hydrogen (secondary N) is 2. The van der Waals surface area contributed by atoms with E-state index >= 15 is 0 Å². The van der Waals surface area contributed by atoms with Gasteiger partial charge in [-0.2, -0.15) is 0 Å². The molecule has 3 unspecified atom stereocenters. The molecule has 1 aromatic heterocycles. The molecule has 46 heavy (non-hydrogen) atoms. The Hall–Kier alpha value is -5.28. The highest BCUT2D eigenvalue weighted by molar-refractivity contribution is 8.00. The SMILES string of the molecule is CCOC(=O)c1ccc(NC(=O)COc2ccc(C3c4sc(=O)[nH]c4SC4C(=O)N(c5ccc([N+](=O)[O-])cc5)C(=O)C43)cc2)cc1. The average molecular weight is 661 g/mol. The lowest BCUT2D eigenvalue weighted by Gasteiger charge is -2.29. The van der Waals surface area contributed by atoms with Crippen LogP contribution < -0.4 is 19.8 Å². The van der Waals surface area contributed by atoms with Gasteiger partial charge in [0.15, 0.2) is 6.61 Å². The van der Waals surface area contributed by atoms with Gasteiger partial charge >= 0.3 is 10.8 Å². The van der Waals surface area contributed by atoms with Gasteiger partial charge in [0.2, 0.25) is 11.8 Å². The van der Waals surface area contributed by atoms with Crippen LogP contribution in [0.25, 0.3) is 0 Å².